The van der Waals surface area contributed by atoms with Gasteiger partial charge in [0.15, 0.2) is 0 Å². The number of methoxy groups -OCH3 is 2. The summed E-state index contributed by atoms with van der Waals surface area (Å²) in [4.78, 5) is 0.305. The van der Waals surface area contributed by atoms with Crippen LogP contribution in [0.2, 0.25) is 0 Å². The van der Waals surface area contributed by atoms with Crippen molar-refractivity contribution >= 4 is 10.0 Å². The molecule has 0 spiro atoms. The molecule has 0 heterocycles. The minimum absolute atomic E-state index is 0.152. The molecule has 0 saturated heterocycles. The smallest absolute Gasteiger partial charge is 0.243 e. The molecular weight excluding hydrogens is 350 g/mol. The molecule has 5 nitrogen and oxygen atoms in total. The highest BCUT2D eigenvalue weighted by atomic mass is 32.2. The summed E-state index contributed by atoms with van der Waals surface area (Å²) in [6.07, 6.45) is 0. The molecule has 2 aromatic carbocycles. The Bertz CT molecular complexity index is 875. The molecule has 0 saturated carbocycles. The molecule has 0 amide bonds. The van der Waals surface area contributed by atoms with Crippen LogP contribution in [-0.4, -0.2) is 34.0 Å². The number of aryl methyl sites for hydroxylation is 1. The van der Waals surface area contributed by atoms with Crippen molar-refractivity contribution in [1.29, 1.82) is 0 Å². The fourth-order valence-electron chi connectivity index (χ4n) is 2.91. The van der Waals surface area contributed by atoms with Crippen molar-refractivity contribution < 1.29 is 17.9 Å². The van der Waals surface area contributed by atoms with Gasteiger partial charge in [0.25, 0.3) is 0 Å². The fraction of sp³-hybridized carbons (Fsp3) is 0.400. The summed E-state index contributed by atoms with van der Waals surface area (Å²) in [5, 5.41) is 0. The van der Waals surface area contributed by atoms with E-state index in [-0.39, 0.29) is 12.5 Å². The predicted octanol–water partition coefficient (Wildman–Crippen LogP) is 3.96. The zero-order valence-corrected chi connectivity index (χ0v) is 17.1. The first kappa shape index (κ1) is 20.3. The van der Waals surface area contributed by atoms with Gasteiger partial charge in [0.1, 0.15) is 11.5 Å². The second kappa shape index (κ2) is 8.10. The lowest BCUT2D eigenvalue weighted by atomic mass is 10.0. The molecule has 2 rings (SSSR count). The van der Waals surface area contributed by atoms with Crippen molar-refractivity contribution in [3.8, 4) is 11.5 Å². The third kappa shape index (κ3) is 4.02. The summed E-state index contributed by atoms with van der Waals surface area (Å²) in [5.41, 5.74) is 2.36. The Labute approximate surface area is 156 Å². The number of hydrogen-bond acceptors (Lipinski definition) is 4. The van der Waals surface area contributed by atoms with Gasteiger partial charge < -0.3 is 9.47 Å². The van der Waals surface area contributed by atoms with E-state index in [2.05, 4.69) is 0 Å². The normalized spacial score (nSPS) is 11.8. The van der Waals surface area contributed by atoms with E-state index >= 15 is 0 Å². The molecule has 0 bridgehead atoms. The lowest BCUT2D eigenvalue weighted by molar-refractivity contribution is 0.397. The Hall–Kier alpha value is -2.05. The summed E-state index contributed by atoms with van der Waals surface area (Å²) in [6, 6.07) is 10.9. The van der Waals surface area contributed by atoms with Crippen LogP contribution in [0.1, 0.15) is 36.5 Å². The number of benzene rings is 2. The zero-order valence-electron chi connectivity index (χ0n) is 16.2. The summed E-state index contributed by atoms with van der Waals surface area (Å²) in [5.74, 6) is 1.53. The van der Waals surface area contributed by atoms with Crippen molar-refractivity contribution in [2.45, 2.75) is 38.1 Å². The van der Waals surface area contributed by atoms with Gasteiger partial charge in [-0.2, -0.15) is 4.31 Å². The highest BCUT2D eigenvalue weighted by molar-refractivity contribution is 7.89. The van der Waals surface area contributed by atoms with Gasteiger partial charge >= 0.3 is 0 Å². The van der Waals surface area contributed by atoms with Crippen LogP contribution in [0.15, 0.2) is 41.3 Å². The average Bonchev–Trinajstić information content (AvgIpc) is 2.61. The Kier molecular flexibility index (Phi) is 6.31. The van der Waals surface area contributed by atoms with Gasteiger partial charge in [-0.15, -0.1) is 0 Å². The largest absolute Gasteiger partial charge is 0.496 e. The van der Waals surface area contributed by atoms with Crippen LogP contribution in [0.5, 0.6) is 11.5 Å². The van der Waals surface area contributed by atoms with Crippen LogP contribution in [0, 0.1) is 6.92 Å². The van der Waals surface area contributed by atoms with Crippen LogP contribution in [0.3, 0.4) is 0 Å². The lowest BCUT2D eigenvalue weighted by Crippen LogP contribution is -2.27. The molecule has 142 valence electrons. The molecule has 6 heteroatoms. The number of rotatable bonds is 7. The second-order valence-corrected chi connectivity index (χ2v) is 8.60. The van der Waals surface area contributed by atoms with Crippen molar-refractivity contribution in [3.63, 3.8) is 0 Å². The van der Waals surface area contributed by atoms with E-state index in [1.807, 2.05) is 38.1 Å². The summed E-state index contributed by atoms with van der Waals surface area (Å²) >= 11 is 0. The molecule has 0 aliphatic carbocycles. The van der Waals surface area contributed by atoms with E-state index in [0.29, 0.717) is 22.0 Å². The Morgan fingerprint density at radius 3 is 2.23 bits per heavy atom. The monoisotopic (exact) mass is 377 g/mol. The quantitative estimate of drug-likeness (QED) is 0.733. The molecule has 0 aromatic heterocycles. The molecule has 2 aromatic rings. The van der Waals surface area contributed by atoms with Crippen LogP contribution in [0.25, 0.3) is 0 Å². The maximum Gasteiger partial charge on any atom is 0.243 e. The van der Waals surface area contributed by atoms with E-state index in [4.69, 9.17) is 9.47 Å². The highest BCUT2D eigenvalue weighted by Crippen LogP contribution is 2.33. The van der Waals surface area contributed by atoms with Gasteiger partial charge in [0, 0.05) is 19.2 Å². The van der Waals surface area contributed by atoms with Gasteiger partial charge in [0.05, 0.1) is 19.1 Å². The Balaban J connectivity index is 2.44. The van der Waals surface area contributed by atoms with Crippen molar-refractivity contribution in [1.82, 2.24) is 4.31 Å². The first-order valence-corrected chi connectivity index (χ1v) is 9.93. The molecule has 0 aliphatic rings. The molecular formula is C20H27NO4S. The third-order valence-electron chi connectivity index (χ3n) is 4.42. The lowest BCUT2D eigenvalue weighted by Gasteiger charge is -2.22. The van der Waals surface area contributed by atoms with E-state index < -0.39 is 10.0 Å². The molecule has 0 radical (unpaired) electrons. The molecule has 0 atom stereocenters. The van der Waals surface area contributed by atoms with Crippen LogP contribution in [-0.2, 0) is 16.6 Å². The maximum atomic E-state index is 13.2. The molecule has 26 heavy (non-hydrogen) atoms. The number of nitrogens with zero attached hydrogens (tertiary/aromatic N) is 1. The number of hydrogen-bond donors (Lipinski definition) is 0. The summed E-state index contributed by atoms with van der Waals surface area (Å²) in [7, 11) is 1.11. The standard InChI is InChI=1S/C20H27NO4S/c1-14(2)17-12-20(15(3)11-19(17)25-6)26(22,23)21(4)13-16-9-7-8-10-18(16)24-5/h7-12,14H,13H2,1-6H3. The SMILES string of the molecule is COc1ccccc1CN(C)S(=O)(=O)c1cc(C(C)C)c(OC)cc1C. The van der Waals surface area contributed by atoms with Crippen molar-refractivity contribution in [3.05, 3.63) is 53.1 Å². The Morgan fingerprint density at radius 2 is 1.65 bits per heavy atom. The van der Waals surface area contributed by atoms with E-state index in [0.717, 1.165) is 11.1 Å². The zero-order chi connectivity index (χ0) is 19.5. The van der Waals surface area contributed by atoms with Crippen molar-refractivity contribution in [2.75, 3.05) is 21.3 Å². The molecule has 0 fully saturated rings. The van der Waals surface area contributed by atoms with E-state index in [1.165, 1.54) is 4.31 Å². The Morgan fingerprint density at radius 1 is 1.04 bits per heavy atom. The van der Waals surface area contributed by atoms with Gasteiger partial charge in [-0.3, -0.25) is 0 Å². The molecule has 0 aliphatic heterocycles. The second-order valence-electron chi connectivity index (χ2n) is 6.59. The molecule has 0 N–H and O–H groups in total. The predicted molar refractivity (Wildman–Crippen MR) is 103 cm³/mol. The fourth-order valence-corrected chi connectivity index (χ4v) is 4.30. The minimum Gasteiger partial charge on any atom is -0.496 e. The van der Waals surface area contributed by atoms with Gasteiger partial charge in [0.2, 0.25) is 10.0 Å². The summed E-state index contributed by atoms with van der Waals surface area (Å²) in [6.45, 7) is 6.05. The number of para-hydroxylation sites is 1. The average molecular weight is 378 g/mol. The third-order valence-corrected chi connectivity index (χ3v) is 6.37. The van der Waals surface area contributed by atoms with E-state index in [1.54, 1.807) is 40.3 Å². The van der Waals surface area contributed by atoms with Gasteiger partial charge in [-0.25, -0.2) is 8.42 Å². The highest BCUT2D eigenvalue weighted by Gasteiger charge is 2.26. The van der Waals surface area contributed by atoms with E-state index in [9.17, 15) is 8.42 Å². The van der Waals surface area contributed by atoms with Crippen LogP contribution >= 0.6 is 0 Å². The van der Waals surface area contributed by atoms with Gasteiger partial charge in [-0.05, 0) is 42.2 Å². The first-order valence-electron chi connectivity index (χ1n) is 8.49. The first-order chi connectivity index (χ1) is 12.2. The number of ether oxygens (including phenoxy) is 2. The maximum absolute atomic E-state index is 13.2. The number of sulfonamides is 1. The van der Waals surface area contributed by atoms with Crippen molar-refractivity contribution in [2.24, 2.45) is 0 Å². The molecule has 0 unspecified atom stereocenters. The minimum atomic E-state index is -3.65. The topological polar surface area (TPSA) is 55.8 Å². The van der Waals surface area contributed by atoms with Crippen LogP contribution < -0.4 is 9.47 Å². The van der Waals surface area contributed by atoms with Crippen LogP contribution in [0.4, 0.5) is 0 Å². The van der Waals surface area contributed by atoms with Gasteiger partial charge in [-0.1, -0.05) is 32.0 Å². The summed E-state index contributed by atoms with van der Waals surface area (Å²) < 4.78 is 38.5.